The Kier molecular flexibility index (Phi) is 7.02. The van der Waals surface area contributed by atoms with E-state index >= 15 is 0 Å². The van der Waals surface area contributed by atoms with Crippen LogP contribution in [0.25, 0.3) is 10.2 Å². The summed E-state index contributed by atoms with van der Waals surface area (Å²) >= 11 is 7.13. The van der Waals surface area contributed by atoms with Gasteiger partial charge in [0.05, 0.1) is 20.2 Å². The lowest BCUT2D eigenvalue weighted by Crippen LogP contribution is -2.30. The van der Waals surface area contributed by atoms with Gasteiger partial charge in [-0.1, -0.05) is 18.2 Å². The second-order valence-corrected chi connectivity index (χ2v) is 8.08. The smallest absolute Gasteiger partial charge is 0.262 e. The molecule has 2 aromatic carbocycles. The third-order valence-corrected chi connectivity index (χ3v) is 5.29. The Morgan fingerprint density at radius 3 is 2.83 bits per heavy atom. The highest BCUT2D eigenvalue weighted by molar-refractivity contribution is 7.18. The average Bonchev–Trinajstić information content (AvgIpc) is 3.08. The van der Waals surface area contributed by atoms with Crippen molar-refractivity contribution in [1.29, 1.82) is 0 Å². The molecule has 0 saturated heterocycles. The standard InChI is InChI=1S/C21H19ClFN3O3S/c1-12(25-20(27)11-29-15-4-5-16(22)17(23)10-15)7-8-24-21(28)14-3-6-18-19(9-14)30-13(2)26-18/h3-6,9-10H,1,7-8,11H2,2H3,(H,24,28)(H,25,27). The minimum atomic E-state index is -0.626. The van der Waals surface area contributed by atoms with Gasteiger partial charge < -0.3 is 15.4 Å². The maximum Gasteiger partial charge on any atom is 0.262 e. The SMILES string of the molecule is C=C(CCNC(=O)c1ccc2nc(C)sc2c1)NC(=O)COc1ccc(Cl)c(F)c1. The van der Waals surface area contributed by atoms with E-state index in [-0.39, 0.29) is 23.3 Å². The third kappa shape index (κ3) is 5.77. The van der Waals surface area contributed by atoms with Gasteiger partial charge in [-0.05, 0) is 37.3 Å². The largest absolute Gasteiger partial charge is 0.484 e. The first kappa shape index (κ1) is 21.7. The van der Waals surface area contributed by atoms with Crippen LogP contribution in [0.1, 0.15) is 21.8 Å². The number of hydrogen-bond donors (Lipinski definition) is 2. The van der Waals surface area contributed by atoms with Crippen LogP contribution in [0.15, 0.2) is 48.7 Å². The van der Waals surface area contributed by atoms with E-state index in [2.05, 4.69) is 22.2 Å². The lowest BCUT2D eigenvalue weighted by molar-refractivity contribution is -0.122. The Balaban J connectivity index is 1.40. The molecule has 1 heterocycles. The number of halogens is 2. The van der Waals surface area contributed by atoms with Crippen LogP contribution in [0.3, 0.4) is 0 Å². The van der Waals surface area contributed by atoms with Crippen LogP contribution >= 0.6 is 22.9 Å². The molecule has 0 atom stereocenters. The molecule has 0 aliphatic carbocycles. The molecule has 30 heavy (non-hydrogen) atoms. The monoisotopic (exact) mass is 447 g/mol. The molecule has 0 unspecified atom stereocenters. The average molecular weight is 448 g/mol. The molecule has 0 aliphatic heterocycles. The molecule has 3 aromatic rings. The quantitative estimate of drug-likeness (QED) is 0.541. The van der Waals surface area contributed by atoms with Gasteiger partial charge in [0.1, 0.15) is 11.6 Å². The van der Waals surface area contributed by atoms with Crippen molar-refractivity contribution in [3.63, 3.8) is 0 Å². The van der Waals surface area contributed by atoms with Gasteiger partial charge in [-0.3, -0.25) is 9.59 Å². The zero-order chi connectivity index (χ0) is 21.7. The first-order chi connectivity index (χ1) is 14.3. The summed E-state index contributed by atoms with van der Waals surface area (Å²) in [5.41, 5.74) is 1.85. The predicted octanol–water partition coefficient (Wildman–Crippen LogP) is 4.23. The lowest BCUT2D eigenvalue weighted by Gasteiger charge is -2.11. The van der Waals surface area contributed by atoms with E-state index < -0.39 is 11.7 Å². The van der Waals surface area contributed by atoms with E-state index in [4.69, 9.17) is 16.3 Å². The number of carbonyl (C=O) groups excluding carboxylic acids is 2. The van der Waals surface area contributed by atoms with E-state index in [1.807, 2.05) is 19.1 Å². The maximum atomic E-state index is 13.4. The fourth-order valence-electron chi connectivity index (χ4n) is 2.62. The molecule has 6 nitrogen and oxygen atoms in total. The van der Waals surface area contributed by atoms with Crippen LogP contribution in [0.5, 0.6) is 5.75 Å². The Hall–Kier alpha value is -2.97. The molecular weight excluding hydrogens is 429 g/mol. The first-order valence-electron chi connectivity index (χ1n) is 9.02. The molecule has 0 saturated carbocycles. The van der Waals surface area contributed by atoms with Crippen molar-refractivity contribution in [2.24, 2.45) is 0 Å². The predicted molar refractivity (Wildman–Crippen MR) is 115 cm³/mol. The minimum Gasteiger partial charge on any atom is -0.484 e. The summed E-state index contributed by atoms with van der Waals surface area (Å²) in [6.07, 6.45) is 0.356. The highest BCUT2D eigenvalue weighted by Gasteiger charge is 2.10. The van der Waals surface area contributed by atoms with Crippen LogP contribution in [0.2, 0.25) is 5.02 Å². The van der Waals surface area contributed by atoms with E-state index in [9.17, 15) is 14.0 Å². The molecule has 0 bridgehead atoms. The molecule has 156 valence electrons. The highest BCUT2D eigenvalue weighted by atomic mass is 35.5. The molecule has 2 N–H and O–H groups in total. The number of benzene rings is 2. The van der Waals surface area contributed by atoms with Crippen LogP contribution in [0.4, 0.5) is 4.39 Å². The van der Waals surface area contributed by atoms with Gasteiger partial charge in [-0.15, -0.1) is 11.3 Å². The number of nitrogens with zero attached hydrogens (tertiary/aromatic N) is 1. The summed E-state index contributed by atoms with van der Waals surface area (Å²) in [7, 11) is 0. The van der Waals surface area contributed by atoms with Gasteiger partial charge in [0.25, 0.3) is 11.8 Å². The number of hydrogen-bond acceptors (Lipinski definition) is 5. The topological polar surface area (TPSA) is 80.3 Å². The van der Waals surface area contributed by atoms with E-state index in [1.54, 1.807) is 6.07 Å². The molecule has 0 fully saturated rings. The molecule has 0 spiro atoms. The number of ether oxygens (including phenoxy) is 1. The zero-order valence-electron chi connectivity index (χ0n) is 16.1. The van der Waals surface area contributed by atoms with Crippen molar-refractivity contribution in [3.05, 3.63) is 70.1 Å². The molecule has 3 rings (SSSR count). The summed E-state index contributed by atoms with van der Waals surface area (Å²) in [5.74, 6) is -1.08. The second-order valence-electron chi connectivity index (χ2n) is 6.44. The van der Waals surface area contributed by atoms with Crippen LogP contribution < -0.4 is 15.4 Å². The summed E-state index contributed by atoms with van der Waals surface area (Å²) in [6.45, 7) is 5.69. The summed E-state index contributed by atoms with van der Waals surface area (Å²) < 4.78 is 19.5. The molecular formula is C21H19ClFN3O3S. The molecule has 9 heteroatoms. The van der Waals surface area contributed by atoms with Crippen LogP contribution in [0, 0.1) is 12.7 Å². The van der Waals surface area contributed by atoms with Crippen molar-refractivity contribution in [2.75, 3.05) is 13.2 Å². The number of aromatic nitrogens is 1. The fourth-order valence-corrected chi connectivity index (χ4v) is 3.61. The number of fused-ring (bicyclic) bond motifs is 1. The third-order valence-electron chi connectivity index (χ3n) is 4.05. The number of carbonyl (C=O) groups is 2. The summed E-state index contributed by atoms with van der Waals surface area (Å²) in [5, 5.41) is 6.29. The summed E-state index contributed by atoms with van der Waals surface area (Å²) in [4.78, 5) is 28.6. The Morgan fingerprint density at radius 2 is 2.07 bits per heavy atom. The van der Waals surface area contributed by atoms with Gasteiger partial charge in [0.15, 0.2) is 6.61 Å². The van der Waals surface area contributed by atoms with Crippen LogP contribution in [-0.4, -0.2) is 29.9 Å². The minimum absolute atomic E-state index is 0.0238. The van der Waals surface area contributed by atoms with Gasteiger partial charge in [-0.25, -0.2) is 9.37 Å². The molecule has 0 radical (unpaired) electrons. The second kappa shape index (κ2) is 9.69. The lowest BCUT2D eigenvalue weighted by atomic mass is 10.2. The fraction of sp³-hybridized carbons (Fsp3) is 0.190. The van der Waals surface area contributed by atoms with Gasteiger partial charge in [0.2, 0.25) is 0 Å². The Bertz CT molecular complexity index is 1120. The van der Waals surface area contributed by atoms with Crippen molar-refractivity contribution in [1.82, 2.24) is 15.6 Å². The first-order valence-corrected chi connectivity index (χ1v) is 10.2. The van der Waals surface area contributed by atoms with Gasteiger partial charge in [0, 0.05) is 30.3 Å². The Morgan fingerprint density at radius 1 is 1.27 bits per heavy atom. The Labute approximate surface area is 181 Å². The highest BCUT2D eigenvalue weighted by Crippen LogP contribution is 2.22. The molecule has 2 amide bonds. The van der Waals surface area contributed by atoms with Crippen molar-refractivity contribution in [3.8, 4) is 5.75 Å². The van der Waals surface area contributed by atoms with Crippen molar-refractivity contribution >= 4 is 45.0 Å². The van der Waals surface area contributed by atoms with Crippen molar-refractivity contribution < 1.29 is 18.7 Å². The molecule has 1 aromatic heterocycles. The number of aryl methyl sites for hydroxylation is 1. The van der Waals surface area contributed by atoms with E-state index in [1.165, 1.54) is 23.5 Å². The van der Waals surface area contributed by atoms with Gasteiger partial charge in [-0.2, -0.15) is 0 Å². The number of nitrogens with one attached hydrogen (secondary N) is 2. The number of thiazole rings is 1. The van der Waals surface area contributed by atoms with Crippen molar-refractivity contribution in [2.45, 2.75) is 13.3 Å². The number of rotatable bonds is 8. The van der Waals surface area contributed by atoms with Crippen LogP contribution in [-0.2, 0) is 4.79 Å². The normalized spacial score (nSPS) is 10.6. The maximum absolute atomic E-state index is 13.4. The van der Waals surface area contributed by atoms with E-state index in [0.29, 0.717) is 24.2 Å². The molecule has 0 aliphatic rings. The number of amides is 2. The van der Waals surface area contributed by atoms with E-state index in [0.717, 1.165) is 21.3 Å². The zero-order valence-corrected chi connectivity index (χ0v) is 17.7. The summed E-state index contributed by atoms with van der Waals surface area (Å²) in [6, 6.07) is 9.27. The van der Waals surface area contributed by atoms with Gasteiger partial charge >= 0.3 is 0 Å².